The highest BCUT2D eigenvalue weighted by molar-refractivity contribution is 7.92. The lowest BCUT2D eigenvalue weighted by Crippen LogP contribution is -2.47. The van der Waals surface area contributed by atoms with Crippen molar-refractivity contribution < 1.29 is 17.9 Å². The van der Waals surface area contributed by atoms with Crippen molar-refractivity contribution in [3.63, 3.8) is 0 Å². The second-order valence-corrected chi connectivity index (χ2v) is 8.12. The van der Waals surface area contributed by atoms with Gasteiger partial charge < -0.3 is 10.1 Å². The lowest BCUT2D eigenvalue weighted by Gasteiger charge is -2.30. The molecule has 0 bridgehead atoms. The van der Waals surface area contributed by atoms with Gasteiger partial charge in [-0.3, -0.25) is 9.10 Å². The standard InChI is InChI=1S/C20H26N2O4S/c1-5-19(20(23)21-16-9-13-18(14-10-16)26-6-2)22(27(4,24)25)17-11-7-15(3)8-12-17/h7-14,19H,5-6H2,1-4H3,(H,21,23)/t19-/m0/s1. The fourth-order valence-corrected chi connectivity index (χ4v) is 3.99. The number of sulfonamides is 1. The van der Waals surface area contributed by atoms with Crippen LogP contribution < -0.4 is 14.4 Å². The molecule has 0 spiro atoms. The van der Waals surface area contributed by atoms with Crippen LogP contribution in [0.2, 0.25) is 0 Å². The number of benzene rings is 2. The molecule has 1 atom stereocenters. The Bertz CT molecular complexity index is 862. The van der Waals surface area contributed by atoms with E-state index in [1.807, 2.05) is 26.0 Å². The average Bonchev–Trinajstić information content (AvgIpc) is 2.61. The second kappa shape index (κ2) is 8.90. The van der Waals surface area contributed by atoms with Crippen LogP contribution in [0.15, 0.2) is 48.5 Å². The topological polar surface area (TPSA) is 75.7 Å². The van der Waals surface area contributed by atoms with Gasteiger partial charge in [0.1, 0.15) is 11.8 Å². The van der Waals surface area contributed by atoms with Gasteiger partial charge in [0.2, 0.25) is 15.9 Å². The molecule has 1 N–H and O–H groups in total. The third kappa shape index (κ3) is 5.47. The quantitative estimate of drug-likeness (QED) is 0.748. The molecule has 27 heavy (non-hydrogen) atoms. The first-order chi connectivity index (χ1) is 12.8. The zero-order chi connectivity index (χ0) is 20.0. The number of amides is 1. The largest absolute Gasteiger partial charge is 0.494 e. The molecule has 2 aromatic rings. The highest BCUT2D eigenvalue weighted by Gasteiger charge is 2.31. The van der Waals surface area contributed by atoms with E-state index in [1.54, 1.807) is 43.3 Å². The number of rotatable bonds is 8. The molecule has 2 aromatic carbocycles. The zero-order valence-electron chi connectivity index (χ0n) is 16.1. The number of aryl methyl sites for hydroxylation is 1. The SMILES string of the molecule is CCOc1ccc(NC(=O)[C@H](CC)N(c2ccc(C)cc2)S(C)(=O)=O)cc1. The maximum Gasteiger partial charge on any atom is 0.248 e. The second-order valence-electron chi connectivity index (χ2n) is 6.27. The smallest absolute Gasteiger partial charge is 0.248 e. The van der Waals surface area contributed by atoms with Crippen LogP contribution in [0.25, 0.3) is 0 Å². The van der Waals surface area contributed by atoms with Crippen molar-refractivity contribution in [2.75, 3.05) is 22.5 Å². The highest BCUT2D eigenvalue weighted by atomic mass is 32.2. The van der Waals surface area contributed by atoms with E-state index < -0.39 is 16.1 Å². The fraction of sp³-hybridized carbons (Fsp3) is 0.350. The van der Waals surface area contributed by atoms with Gasteiger partial charge in [-0.05, 0) is 56.7 Å². The van der Waals surface area contributed by atoms with E-state index in [1.165, 1.54) is 4.31 Å². The third-order valence-corrected chi connectivity index (χ3v) is 5.23. The van der Waals surface area contributed by atoms with Gasteiger partial charge in [-0.15, -0.1) is 0 Å². The molecule has 1 amide bonds. The minimum atomic E-state index is -3.64. The Morgan fingerprint density at radius 2 is 1.67 bits per heavy atom. The van der Waals surface area contributed by atoms with Crippen molar-refractivity contribution in [1.82, 2.24) is 0 Å². The van der Waals surface area contributed by atoms with Crippen LogP contribution in [0.3, 0.4) is 0 Å². The normalized spacial score (nSPS) is 12.3. The minimum Gasteiger partial charge on any atom is -0.494 e. The lowest BCUT2D eigenvalue weighted by molar-refractivity contribution is -0.117. The first-order valence-electron chi connectivity index (χ1n) is 8.86. The minimum absolute atomic E-state index is 0.337. The summed E-state index contributed by atoms with van der Waals surface area (Å²) >= 11 is 0. The van der Waals surface area contributed by atoms with E-state index in [0.717, 1.165) is 11.8 Å². The predicted molar refractivity (Wildman–Crippen MR) is 109 cm³/mol. The fourth-order valence-electron chi connectivity index (χ4n) is 2.78. The van der Waals surface area contributed by atoms with Crippen molar-refractivity contribution in [3.05, 3.63) is 54.1 Å². The van der Waals surface area contributed by atoms with Gasteiger partial charge in [0.15, 0.2) is 0 Å². The summed E-state index contributed by atoms with van der Waals surface area (Å²) in [6, 6.07) is 13.2. The van der Waals surface area contributed by atoms with Crippen LogP contribution in [0.4, 0.5) is 11.4 Å². The molecule has 0 aliphatic heterocycles. The first-order valence-corrected chi connectivity index (χ1v) is 10.7. The Kier molecular flexibility index (Phi) is 6.85. The number of ether oxygens (including phenoxy) is 1. The van der Waals surface area contributed by atoms with Crippen molar-refractivity contribution in [3.8, 4) is 5.75 Å². The Morgan fingerprint density at radius 3 is 2.15 bits per heavy atom. The molecule has 0 unspecified atom stereocenters. The summed E-state index contributed by atoms with van der Waals surface area (Å²) in [5.74, 6) is 0.326. The van der Waals surface area contributed by atoms with Crippen molar-refractivity contribution in [2.24, 2.45) is 0 Å². The summed E-state index contributed by atoms with van der Waals surface area (Å²) < 4.78 is 31.4. The first kappa shape index (κ1) is 20.8. The summed E-state index contributed by atoms with van der Waals surface area (Å²) in [5.41, 5.74) is 2.06. The van der Waals surface area contributed by atoms with Crippen molar-refractivity contribution >= 4 is 27.3 Å². The van der Waals surface area contributed by atoms with Crippen LogP contribution in [0.5, 0.6) is 5.75 Å². The van der Waals surface area contributed by atoms with Crippen LogP contribution in [0.1, 0.15) is 25.8 Å². The van der Waals surface area contributed by atoms with Gasteiger partial charge in [-0.25, -0.2) is 8.42 Å². The summed E-state index contributed by atoms with van der Waals surface area (Å²) in [4.78, 5) is 12.8. The molecule has 2 rings (SSSR count). The Hall–Kier alpha value is -2.54. The maximum atomic E-state index is 12.8. The summed E-state index contributed by atoms with van der Waals surface area (Å²) in [6.45, 7) is 6.16. The van der Waals surface area contributed by atoms with Crippen LogP contribution in [-0.2, 0) is 14.8 Å². The molecule has 0 fully saturated rings. The molecule has 0 saturated heterocycles. The van der Waals surface area contributed by atoms with Crippen LogP contribution >= 0.6 is 0 Å². The Labute approximate surface area is 161 Å². The Morgan fingerprint density at radius 1 is 1.07 bits per heavy atom. The summed E-state index contributed by atoms with van der Waals surface area (Å²) in [5, 5.41) is 2.80. The molecule has 0 heterocycles. The number of carbonyl (C=O) groups is 1. The molecule has 7 heteroatoms. The number of anilines is 2. The van der Waals surface area contributed by atoms with Crippen molar-refractivity contribution in [1.29, 1.82) is 0 Å². The van der Waals surface area contributed by atoms with Gasteiger partial charge in [-0.1, -0.05) is 24.6 Å². The maximum absolute atomic E-state index is 12.8. The molecular formula is C20H26N2O4S. The van der Waals surface area contributed by atoms with Gasteiger partial charge in [0.25, 0.3) is 0 Å². The van der Waals surface area contributed by atoms with Gasteiger partial charge in [-0.2, -0.15) is 0 Å². The average molecular weight is 391 g/mol. The molecule has 0 aliphatic rings. The third-order valence-electron chi connectivity index (χ3n) is 4.05. The van der Waals surface area contributed by atoms with E-state index in [2.05, 4.69) is 5.32 Å². The van der Waals surface area contributed by atoms with E-state index in [-0.39, 0.29) is 5.91 Å². The molecule has 6 nitrogen and oxygen atoms in total. The van der Waals surface area contributed by atoms with Crippen LogP contribution in [-0.4, -0.2) is 33.2 Å². The number of hydrogen-bond donors (Lipinski definition) is 1. The number of nitrogens with one attached hydrogen (secondary N) is 1. The number of nitrogens with zero attached hydrogens (tertiary/aromatic N) is 1. The van der Waals surface area contributed by atoms with Gasteiger partial charge >= 0.3 is 0 Å². The molecular weight excluding hydrogens is 364 g/mol. The summed E-state index contributed by atoms with van der Waals surface area (Å²) in [6.07, 6.45) is 1.45. The molecule has 0 aliphatic carbocycles. The Balaban J connectivity index is 2.27. The lowest BCUT2D eigenvalue weighted by atomic mass is 10.1. The number of carbonyl (C=O) groups excluding carboxylic acids is 1. The highest BCUT2D eigenvalue weighted by Crippen LogP contribution is 2.24. The number of hydrogen-bond acceptors (Lipinski definition) is 4. The van der Waals surface area contributed by atoms with E-state index in [0.29, 0.717) is 30.2 Å². The van der Waals surface area contributed by atoms with Gasteiger partial charge in [0.05, 0.1) is 18.6 Å². The molecule has 0 saturated carbocycles. The molecule has 146 valence electrons. The van der Waals surface area contributed by atoms with E-state index in [4.69, 9.17) is 4.74 Å². The van der Waals surface area contributed by atoms with Gasteiger partial charge in [0, 0.05) is 5.69 Å². The van der Waals surface area contributed by atoms with E-state index >= 15 is 0 Å². The summed E-state index contributed by atoms with van der Waals surface area (Å²) in [7, 11) is -3.64. The van der Waals surface area contributed by atoms with Crippen LogP contribution in [0, 0.1) is 6.92 Å². The van der Waals surface area contributed by atoms with Crippen molar-refractivity contribution in [2.45, 2.75) is 33.2 Å². The van der Waals surface area contributed by atoms with E-state index in [9.17, 15) is 13.2 Å². The molecule has 0 aromatic heterocycles. The molecule has 0 radical (unpaired) electrons. The monoisotopic (exact) mass is 390 g/mol. The zero-order valence-corrected chi connectivity index (χ0v) is 16.9. The predicted octanol–water partition coefficient (Wildman–Crippen LogP) is 3.58.